The van der Waals surface area contributed by atoms with Crippen LogP contribution in [0.4, 0.5) is 17.1 Å². The van der Waals surface area contributed by atoms with Crippen LogP contribution in [0.3, 0.4) is 0 Å². The molecule has 0 spiro atoms. The zero-order chi connectivity index (χ0) is 22.5. The fraction of sp³-hybridized carbons (Fsp3) is 0.143. The molecule has 1 N–H and O–H groups in total. The second kappa shape index (κ2) is 9.43. The first-order valence-corrected chi connectivity index (χ1v) is 9.85. The van der Waals surface area contributed by atoms with Crippen molar-refractivity contribution in [3.63, 3.8) is 0 Å². The molecule has 0 atom stereocenters. The Balaban J connectivity index is 1.82. The summed E-state index contributed by atoms with van der Waals surface area (Å²) in [7, 11) is 1.46. The molecule has 0 heterocycles. The Labute approximate surface area is 186 Å². The molecule has 160 valence electrons. The van der Waals surface area contributed by atoms with Crippen molar-refractivity contribution in [2.45, 2.75) is 13.5 Å². The van der Waals surface area contributed by atoms with Gasteiger partial charge in [0.1, 0.15) is 0 Å². The van der Waals surface area contributed by atoms with Crippen molar-refractivity contribution in [2.24, 2.45) is 0 Å². The predicted octanol–water partition coefficient (Wildman–Crippen LogP) is 5.99. The van der Waals surface area contributed by atoms with Crippen LogP contribution in [0, 0.1) is 27.2 Å². The van der Waals surface area contributed by atoms with E-state index in [0.29, 0.717) is 12.3 Å². The molecule has 0 amide bonds. The second-order valence-corrected chi connectivity index (χ2v) is 7.48. The molecule has 10 heteroatoms. The largest absolute Gasteiger partial charge is 0.493 e. The van der Waals surface area contributed by atoms with Gasteiger partial charge in [-0.1, -0.05) is 22.0 Å². The van der Waals surface area contributed by atoms with E-state index < -0.39 is 21.2 Å². The van der Waals surface area contributed by atoms with Crippen molar-refractivity contribution in [3.05, 3.63) is 90.4 Å². The lowest BCUT2D eigenvalue weighted by Crippen LogP contribution is -2.02. The summed E-state index contributed by atoms with van der Waals surface area (Å²) in [5, 5.41) is 25.6. The molecule has 0 radical (unpaired) electrons. The van der Waals surface area contributed by atoms with E-state index in [0.717, 1.165) is 33.4 Å². The fourth-order valence-corrected chi connectivity index (χ4v) is 3.37. The van der Waals surface area contributed by atoms with E-state index in [2.05, 4.69) is 21.2 Å². The number of methoxy groups -OCH3 is 1. The number of nitrogens with zero attached hydrogens (tertiary/aromatic N) is 2. The third-order valence-corrected chi connectivity index (χ3v) is 4.96. The lowest BCUT2D eigenvalue weighted by atomic mass is 10.1. The molecule has 9 nitrogen and oxygen atoms in total. The second-order valence-electron chi connectivity index (χ2n) is 6.57. The summed E-state index contributed by atoms with van der Waals surface area (Å²) in [4.78, 5) is 20.8. The average Bonchev–Trinajstić information content (AvgIpc) is 2.73. The lowest BCUT2D eigenvalue weighted by molar-refractivity contribution is -0.394. The first kappa shape index (κ1) is 22.0. The van der Waals surface area contributed by atoms with Crippen molar-refractivity contribution >= 4 is 33.0 Å². The molecule has 0 aromatic heterocycles. The maximum atomic E-state index is 11.3. The number of non-ortho nitro benzene ring substituents is 1. The van der Waals surface area contributed by atoms with Crippen LogP contribution >= 0.6 is 15.9 Å². The molecule has 0 aliphatic heterocycles. The summed E-state index contributed by atoms with van der Waals surface area (Å²) < 4.78 is 12.0. The summed E-state index contributed by atoms with van der Waals surface area (Å²) in [5.41, 5.74) is 2.09. The van der Waals surface area contributed by atoms with Gasteiger partial charge in [0.2, 0.25) is 5.75 Å². The quantitative estimate of drug-likeness (QED) is 0.306. The number of nitro groups is 2. The van der Waals surface area contributed by atoms with E-state index in [-0.39, 0.29) is 11.5 Å². The van der Waals surface area contributed by atoms with Crippen LogP contribution in [0.25, 0.3) is 0 Å². The minimum atomic E-state index is -0.729. The van der Waals surface area contributed by atoms with E-state index in [1.165, 1.54) is 13.2 Å². The zero-order valence-corrected chi connectivity index (χ0v) is 18.2. The molecule has 31 heavy (non-hydrogen) atoms. The number of nitro benzene ring substituents is 2. The number of halogens is 1. The molecule has 0 fully saturated rings. The van der Waals surface area contributed by atoms with Crippen LogP contribution in [-0.4, -0.2) is 17.0 Å². The highest BCUT2D eigenvalue weighted by Crippen LogP contribution is 2.38. The van der Waals surface area contributed by atoms with E-state index in [9.17, 15) is 20.2 Å². The Morgan fingerprint density at radius 3 is 2.32 bits per heavy atom. The van der Waals surface area contributed by atoms with Crippen LogP contribution in [0.15, 0.2) is 59.1 Å². The van der Waals surface area contributed by atoms with Crippen LogP contribution in [-0.2, 0) is 6.54 Å². The standard InChI is InChI=1S/C21H18BrN3O6/c1-13-9-15(22)4-6-17(13)23-12-14-3-7-20(21(10-14)30-2)31-19-8-5-16(24(26)27)11-18(19)25(28)29/h3-11,23H,12H2,1-2H3. The van der Waals surface area contributed by atoms with E-state index >= 15 is 0 Å². The third kappa shape index (κ3) is 5.28. The number of anilines is 1. The topological polar surface area (TPSA) is 117 Å². The molecule has 0 saturated carbocycles. The van der Waals surface area contributed by atoms with Gasteiger partial charge in [-0.15, -0.1) is 0 Å². The van der Waals surface area contributed by atoms with Crippen molar-refractivity contribution < 1.29 is 19.3 Å². The van der Waals surface area contributed by atoms with Crippen LogP contribution in [0.1, 0.15) is 11.1 Å². The molecule has 3 rings (SSSR count). The molecule has 0 bridgehead atoms. The molecule has 0 unspecified atom stereocenters. The number of benzene rings is 3. The zero-order valence-electron chi connectivity index (χ0n) is 16.6. The van der Waals surface area contributed by atoms with Gasteiger partial charge in [-0.2, -0.15) is 0 Å². The normalized spacial score (nSPS) is 10.4. The minimum Gasteiger partial charge on any atom is -0.493 e. The average molecular weight is 488 g/mol. The number of ether oxygens (including phenoxy) is 2. The van der Waals surface area contributed by atoms with Crippen molar-refractivity contribution in [1.82, 2.24) is 0 Å². The molecule has 0 aliphatic carbocycles. The number of hydrogen-bond donors (Lipinski definition) is 1. The van der Waals surface area contributed by atoms with Gasteiger partial charge in [-0.25, -0.2) is 0 Å². The fourth-order valence-electron chi connectivity index (χ4n) is 2.90. The summed E-state index contributed by atoms with van der Waals surface area (Å²) in [6.07, 6.45) is 0. The van der Waals surface area contributed by atoms with E-state index in [1.54, 1.807) is 18.2 Å². The molecule has 3 aromatic rings. The SMILES string of the molecule is COc1cc(CNc2ccc(Br)cc2C)ccc1Oc1ccc([N+](=O)[O-])cc1[N+](=O)[O-]. The van der Waals surface area contributed by atoms with Gasteiger partial charge >= 0.3 is 5.69 Å². The smallest absolute Gasteiger partial charge is 0.318 e. The number of nitrogens with one attached hydrogen (secondary N) is 1. The van der Waals surface area contributed by atoms with Crippen molar-refractivity contribution in [2.75, 3.05) is 12.4 Å². The van der Waals surface area contributed by atoms with Gasteiger partial charge in [0.05, 0.1) is 23.0 Å². The van der Waals surface area contributed by atoms with E-state index in [1.807, 2.05) is 25.1 Å². The Hall–Kier alpha value is -3.66. The van der Waals surface area contributed by atoms with Gasteiger partial charge in [0.25, 0.3) is 5.69 Å². The highest BCUT2D eigenvalue weighted by molar-refractivity contribution is 9.10. The maximum absolute atomic E-state index is 11.3. The molecular weight excluding hydrogens is 470 g/mol. The highest BCUT2D eigenvalue weighted by atomic mass is 79.9. The summed E-state index contributed by atoms with van der Waals surface area (Å²) in [5.74, 6) is 0.507. The monoisotopic (exact) mass is 487 g/mol. The number of rotatable bonds is 8. The number of hydrogen-bond acceptors (Lipinski definition) is 7. The Morgan fingerprint density at radius 1 is 0.935 bits per heavy atom. The van der Waals surface area contributed by atoms with Crippen LogP contribution in [0.5, 0.6) is 17.2 Å². The maximum Gasteiger partial charge on any atom is 0.318 e. The van der Waals surface area contributed by atoms with Crippen LogP contribution in [0.2, 0.25) is 0 Å². The Morgan fingerprint density at radius 2 is 1.68 bits per heavy atom. The van der Waals surface area contributed by atoms with Gasteiger partial charge in [-0.3, -0.25) is 20.2 Å². The molecular formula is C21H18BrN3O6. The lowest BCUT2D eigenvalue weighted by Gasteiger charge is -2.14. The van der Waals surface area contributed by atoms with Crippen LogP contribution < -0.4 is 14.8 Å². The summed E-state index contributed by atoms with van der Waals surface area (Å²) >= 11 is 3.44. The first-order chi connectivity index (χ1) is 14.8. The molecule has 0 aliphatic rings. The van der Waals surface area contributed by atoms with Gasteiger partial charge in [0.15, 0.2) is 11.5 Å². The number of aryl methyl sites for hydroxylation is 1. The van der Waals surface area contributed by atoms with Gasteiger partial charge < -0.3 is 14.8 Å². The van der Waals surface area contributed by atoms with Gasteiger partial charge in [0, 0.05) is 22.8 Å². The van der Waals surface area contributed by atoms with Gasteiger partial charge in [-0.05, 0) is 54.4 Å². The first-order valence-electron chi connectivity index (χ1n) is 9.06. The summed E-state index contributed by atoms with van der Waals surface area (Å²) in [6.45, 7) is 2.53. The summed E-state index contributed by atoms with van der Waals surface area (Å²) in [6, 6.07) is 14.3. The Bertz CT molecular complexity index is 1150. The Kier molecular flexibility index (Phi) is 6.71. The van der Waals surface area contributed by atoms with Crippen molar-refractivity contribution in [1.29, 1.82) is 0 Å². The highest BCUT2D eigenvalue weighted by Gasteiger charge is 2.22. The third-order valence-electron chi connectivity index (χ3n) is 4.47. The molecule has 3 aromatic carbocycles. The minimum absolute atomic E-state index is 0.120. The van der Waals surface area contributed by atoms with Crippen molar-refractivity contribution in [3.8, 4) is 17.2 Å². The molecule has 0 saturated heterocycles. The van der Waals surface area contributed by atoms with E-state index in [4.69, 9.17) is 9.47 Å². The predicted molar refractivity (Wildman–Crippen MR) is 119 cm³/mol.